The van der Waals surface area contributed by atoms with E-state index in [2.05, 4.69) is 25.9 Å². The molecule has 0 unspecified atom stereocenters. The van der Waals surface area contributed by atoms with E-state index in [1.165, 1.54) is 12.1 Å². The fraction of sp³-hybridized carbons (Fsp3) is 0.273. The van der Waals surface area contributed by atoms with Crippen molar-refractivity contribution in [1.82, 2.24) is 25.9 Å². The molecule has 1 heterocycles. The maximum Gasteiger partial charge on any atom is 0.220 e. The number of aryl methyl sites for hydroxylation is 1. The lowest BCUT2D eigenvalue weighted by Gasteiger charge is -2.03. The molecular formula is C11H12FN5O. The third-order valence-electron chi connectivity index (χ3n) is 2.36. The molecule has 0 bridgehead atoms. The average Bonchev–Trinajstić information content (AvgIpc) is 2.87. The molecule has 1 amide bonds. The number of benzene rings is 1. The topological polar surface area (TPSA) is 83.6 Å². The summed E-state index contributed by atoms with van der Waals surface area (Å²) in [5.74, 6) is -0.00197. The zero-order chi connectivity index (χ0) is 12.8. The van der Waals surface area contributed by atoms with Gasteiger partial charge in [-0.15, -0.1) is 10.2 Å². The number of amides is 1. The lowest BCUT2D eigenvalue weighted by atomic mass is 10.1. The zero-order valence-electron chi connectivity index (χ0n) is 9.56. The molecule has 2 N–H and O–H groups in total. The molecule has 0 saturated heterocycles. The molecule has 0 aliphatic rings. The summed E-state index contributed by atoms with van der Waals surface area (Å²) in [7, 11) is 0. The van der Waals surface area contributed by atoms with Gasteiger partial charge in [0.2, 0.25) is 5.91 Å². The Bertz CT molecular complexity index is 514. The molecule has 1 aromatic heterocycles. The van der Waals surface area contributed by atoms with Crippen LogP contribution in [0.3, 0.4) is 0 Å². The Hall–Kier alpha value is -2.31. The summed E-state index contributed by atoms with van der Waals surface area (Å²) in [6, 6.07) is 6.21. The van der Waals surface area contributed by atoms with Gasteiger partial charge in [0.15, 0.2) is 5.82 Å². The van der Waals surface area contributed by atoms with Gasteiger partial charge in [0.05, 0.1) is 6.54 Å². The molecule has 94 valence electrons. The summed E-state index contributed by atoms with van der Waals surface area (Å²) >= 11 is 0. The molecule has 7 heteroatoms. The SMILES string of the molecule is O=C(CCc1cccc(F)c1)NCc1nn[nH]n1. The number of H-pyrrole nitrogens is 1. The van der Waals surface area contributed by atoms with Gasteiger partial charge >= 0.3 is 0 Å². The van der Waals surface area contributed by atoms with Crippen LogP contribution in [0.1, 0.15) is 17.8 Å². The Labute approximate surface area is 103 Å². The van der Waals surface area contributed by atoms with Crippen molar-refractivity contribution in [2.75, 3.05) is 0 Å². The standard InChI is InChI=1S/C11H12FN5O/c12-9-3-1-2-8(6-9)4-5-11(18)13-7-10-14-16-17-15-10/h1-3,6H,4-5,7H2,(H,13,18)(H,14,15,16,17). The Morgan fingerprint density at radius 2 is 2.33 bits per heavy atom. The van der Waals surface area contributed by atoms with E-state index < -0.39 is 0 Å². The highest BCUT2D eigenvalue weighted by atomic mass is 19.1. The van der Waals surface area contributed by atoms with Crippen LogP contribution < -0.4 is 5.32 Å². The van der Waals surface area contributed by atoms with E-state index in [0.29, 0.717) is 18.7 Å². The van der Waals surface area contributed by atoms with Gasteiger partial charge in [-0.3, -0.25) is 4.79 Å². The van der Waals surface area contributed by atoms with E-state index in [-0.39, 0.29) is 18.3 Å². The molecule has 0 aliphatic carbocycles. The van der Waals surface area contributed by atoms with Gasteiger partial charge < -0.3 is 5.32 Å². The number of hydrogen-bond acceptors (Lipinski definition) is 4. The lowest BCUT2D eigenvalue weighted by molar-refractivity contribution is -0.121. The maximum absolute atomic E-state index is 12.9. The Morgan fingerprint density at radius 3 is 3.06 bits per heavy atom. The zero-order valence-corrected chi connectivity index (χ0v) is 9.56. The number of hydrogen-bond donors (Lipinski definition) is 2. The highest BCUT2D eigenvalue weighted by Crippen LogP contribution is 2.06. The van der Waals surface area contributed by atoms with Crippen molar-refractivity contribution < 1.29 is 9.18 Å². The number of tetrazole rings is 1. The van der Waals surface area contributed by atoms with Crippen molar-refractivity contribution in [3.05, 3.63) is 41.5 Å². The number of aromatic nitrogens is 4. The molecular weight excluding hydrogens is 237 g/mol. The summed E-state index contributed by atoms with van der Waals surface area (Å²) in [4.78, 5) is 11.5. The van der Waals surface area contributed by atoms with Crippen LogP contribution >= 0.6 is 0 Å². The second-order valence-corrected chi connectivity index (χ2v) is 3.73. The molecule has 0 aliphatic heterocycles. The van der Waals surface area contributed by atoms with Crippen molar-refractivity contribution in [2.45, 2.75) is 19.4 Å². The van der Waals surface area contributed by atoms with Gasteiger partial charge in [0.25, 0.3) is 0 Å². The number of halogens is 1. The smallest absolute Gasteiger partial charge is 0.220 e. The number of carbonyl (C=O) groups is 1. The summed E-state index contributed by atoms with van der Waals surface area (Å²) in [6.07, 6.45) is 0.789. The minimum Gasteiger partial charge on any atom is -0.349 e. The number of rotatable bonds is 5. The minimum atomic E-state index is -0.292. The molecule has 0 spiro atoms. The van der Waals surface area contributed by atoms with Crippen molar-refractivity contribution in [1.29, 1.82) is 0 Å². The minimum absolute atomic E-state index is 0.135. The largest absolute Gasteiger partial charge is 0.349 e. The first-order valence-electron chi connectivity index (χ1n) is 5.47. The van der Waals surface area contributed by atoms with Crippen molar-refractivity contribution >= 4 is 5.91 Å². The van der Waals surface area contributed by atoms with Gasteiger partial charge in [-0.1, -0.05) is 17.3 Å². The van der Waals surface area contributed by atoms with Gasteiger partial charge in [0, 0.05) is 6.42 Å². The highest BCUT2D eigenvalue weighted by molar-refractivity contribution is 5.76. The van der Waals surface area contributed by atoms with Crippen molar-refractivity contribution in [3.63, 3.8) is 0 Å². The molecule has 0 saturated carbocycles. The Kier molecular flexibility index (Phi) is 3.95. The van der Waals surface area contributed by atoms with E-state index in [4.69, 9.17) is 0 Å². The van der Waals surface area contributed by atoms with E-state index >= 15 is 0 Å². The first kappa shape index (κ1) is 12.2. The van der Waals surface area contributed by atoms with Crippen LogP contribution in [0, 0.1) is 5.82 Å². The Morgan fingerprint density at radius 1 is 1.44 bits per heavy atom. The molecule has 6 nitrogen and oxygen atoms in total. The molecule has 1 aromatic carbocycles. The number of nitrogens with zero attached hydrogens (tertiary/aromatic N) is 3. The van der Waals surface area contributed by atoms with Crippen molar-refractivity contribution in [2.24, 2.45) is 0 Å². The summed E-state index contributed by atoms with van der Waals surface area (Å²) < 4.78 is 12.9. The predicted molar refractivity (Wildman–Crippen MR) is 60.7 cm³/mol. The lowest BCUT2D eigenvalue weighted by Crippen LogP contribution is -2.23. The third kappa shape index (κ3) is 3.62. The second kappa shape index (κ2) is 5.85. The molecule has 0 radical (unpaired) electrons. The quantitative estimate of drug-likeness (QED) is 0.812. The first-order valence-corrected chi connectivity index (χ1v) is 5.47. The Balaban J connectivity index is 1.75. The van der Waals surface area contributed by atoms with Crippen LogP contribution in [0.5, 0.6) is 0 Å². The van der Waals surface area contributed by atoms with E-state index in [0.717, 1.165) is 5.56 Å². The van der Waals surface area contributed by atoms with Crippen LogP contribution in [0.4, 0.5) is 4.39 Å². The van der Waals surface area contributed by atoms with Gasteiger partial charge in [-0.2, -0.15) is 5.21 Å². The van der Waals surface area contributed by atoms with Crippen LogP contribution in [0.15, 0.2) is 24.3 Å². The van der Waals surface area contributed by atoms with Gasteiger partial charge in [-0.05, 0) is 24.1 Å². The molecule has 2 aromatic rings. The highest BCUT2D eigenvalue weighted by Gasteiger charge is 2.04. The number of aromatic amines is 1. The first-order chi connectivity index (χ1) is 8.74. The normalized spacial score (nSPS) is 10.3. The maximum atomic E-state index is 12.9. The fourth-order valence-corrected chi connectivity index (χ4v) is 1.47. The molecule has 0 atom stereocenters. The van der Waals surface area contributed by atoms with Crippen LogP contribution in [-0.4, -0.2) is 26.5 Å². The van der Waals surface area contributed by atoms with Gasteiger partial charge in [0.1, 0.15) is 5.82 Å². The van der Waals surface area contributed by atoms with E-state index in [1.54, 1.807) is 12.1 Å². The second-order valence-electron chi connectivity index (χ2n) is 3.73. The predicted octanol–water partition coefficient (Wildman–Crippen LogP) is 0.588. The van der Waals surface area contributed by atoms with Crippen LogP contribution in [0.2, 0.25) is 0 Å². The van der Waals surface area contributed by atoms with E-state index in [1.807, 2.05) is 0 Å². The third-order valence-corrected chi connectivity index (χ3v) is 2.36. The van der Waals surface area contributed by atoms with Crippen LogP contribution in [-0.2, 0) is 17.8 Å². The van der Waals surface area contributed by atoms with Crippen LogP contribution in [0.25, 0.3) is 0 Å². The molecule has 2 rings (SSSR count). The fourth-order valence-electron chi connectivity index (χ4n) is 1.47. The molecule has 18 heavy (non-hydrogen) atoms. The van der Waals surface area contributed by atoms with Gasteiger partial charge in [-0.25, -0.2) is 4.39 Å². The monoisotopic (exact) mass is 249 g/mol. The number of carbonyl (C=O) groups excluding carboxylic acids is 1. The molecule has 0 fully saturated rings. The number of nitrogens with one attached hydrogen (secondary N) is 2. The summed E-state index contributed by atoms with van der Waals surface area (Å²) in [5.41, 5.74) is 0.796. The summed E-state index contributed by atoms with van der Waals surface area (Å²) in [6.45, 7) is 0.235. The average molecular weight is 249 g/mol. The van der Waals surface area contributed by atoms with Crippen molar-refractivity contribution in [3.8, 4) is 0 Å². The van der Waals surface area contributed by atoms with E-state index in [9.17, 15) is 9.18 Å². The summed E-state index contributed by atoms with van der Waals surface area (Å²) in [5, 5.41) is 15.7.